The number of carbonyl (C=O) groups excluding carboxylic acids is 2. The Morgan fingerprint density at radius 3 is 2.18 bits per heavy atom. The van der Waals surface area contributed by atoms with E-state index in [9.17, 15) is 14.7 Å². The lowest BCUT2D eigenvalue weighted by Gasteiger charge is -2.19. The molecule has 2 N–H and O–H groups in total. The van der Waals surface area contributed by atoms with E-state index in [1.165, 1.54) is 36.9 Å². The van der Waals surface area contributed by atoms with Crippen molar-refractivity contribution < 1.29 is 19.4 Å². The molecule has 0 spiro atoms. The second-order valence-corrected chi connectivity index (χ2v) is 8.90. The minimum Gasteiger partial charge on any atom is -0.504 e. The highest BCUT2D eigenvalue weighted by molar-refractivity contribution is 6.02. The zero-order chi connectivity index (χ0) is 25.0. The first kappa shape index (κ1) is 24.7. The first-order chi connectivity index (χ1) is 16.1. The summed E-state index contributed by atoms with van der Waals surface area (Å²) in [6, 6.07) is 14.1. The number of rotatable bonds is 6. The zero-order valence-electron chi connectivity index (χ0n) is 20.3. The number of methoxy groups -OCH3 is 1. The van der Waals surface area contributed by atoms with E-state index in [2.05, 4.69) is 41.1 Å². The Labute approximate surface area is 199 Å². The molecule has 3 rings (SSSR count). The molecule has 8 nitrogen and oxygen atoms in total. The van der Waals surface area contributed by atoms with E-state index in [1.54, 1.807) is 11.6 Å². The number of amides is 1. The number of nitrogens with zero attached hydrogens (tertiary/aromatic N) is 3. The standard InChI is InChI=1S/C26H30N4O4/c1-7-30-22(17-12-14-20(15-13-17)26(3,4)5)23(31)21(29-30)16(2)27-28-24(32)18-8-10-19(11-9-18)25(33)34-6/h8-15,31H,7H2,1-6H3,(H,28,32)/b27-16-. The Bertz CT molecular complexity index is 1220. The van der Waals surface area contributed by atoms with Crippen LogP contribution in [0.3, 0.4) is 0 Å². The summed E-state index contributed by atoms with van der Waals surface area (Å²) in [4.78, 5) is 24.0. The van der Waals surface area contributed by atoms with Gasteiger partial charge >= 0.3 is 5.97 Å². The van der Waals surface area contributed by atoms with Crippen molar-refractivity contribution in [2.24, 2.45) is 5.10 Å². The van der Waals surface area contributed by atoms with Crippen LogP contribution in [0.4, 0.5) is 0 Å². The summed E-state index contributed by atoms with van der Waals surface area (Å²) < 4.78 is 6.37. The van der Waals surface area contributed by atoms with Crippen LogP contribution in [0.2, 0.25) is 0 Å². The van der Waals surface area contributed by atoms with Gasteiger partial charge in [-0.2, -0.15) is 10.2 Å². The summed E-state index contributed by atoms with van der Waals surface area (Å²) in [5.41, 5.74) is 6.44. The van der Waals surface area contributed by atoms with E-state index in [-0.39, 0.29) is 16.9 Å². The van der Waals surface area contributed by atoms with Gasteiger partial charge in [-0.3, -0.25) is 9.48 Å². The second-order valence-electron chi connectivity index (χ2n) is 8.90. The molecule has 0 saturated heterocycles. The summed E-state index contributed by atoms with van der Waals surface area (Å²) in [5, 5.41) is 19.6. The van der Waals surface area contributed by atoms with Gasteiger partial charge in [-0.05, 0) is 49.1 Å². The number of nitrogens with one attached hydrogen (secondary N) is 1. The predicted octanol–water partition coefficient (Wildman–Crippen LogP) is 4.51. The van der Waals surface area contributed by atoms with Gasteiger partial charge in [-0.1, -0.05) is 45.0 Å². The minimum atomic E-state index is -0.480. The van der Waals surface area contributed by atoms with Crippen molar-refractivity contribution in [3.05, 3.63) is 70.9 Å². The molecule has 1 aromatic heterocycles. The lowest BCUT2D eigenvalue weighted by Crippen LogP contribution is -2.19. The zero-order valence-corrected chi connectivity index (χ0v) is 20.3. The van der Waals surface area contributed by atoms with E-state index < -0.39 is 11.9 Å². The van der Waals surface area contributed by atoms with Crippen molar-refractivity contribution in [2.75, 3.05) is 7.11 Å². The number of hydrogen-bond donors (Lipinski definition) is 2. The van der Waals surface area contributed by atoms with Crippen molar-refractivity contribution in [1.29, 1.82) is 0 Å². The molecule has 0 aliphatic heterocycles. The summed E-state index contributed by atoms with van der Waals surface area (Å²) in [5.74, 6) is -0.932. The fraction of sp³-hybridized carbons (Fsp3) is 0.308. The van der Waals surface area contributed by atoms with Crippen LogP contribution >= 0.6 is 0 Å². The van der Waals surface area contributed by atoms with Crippen LogP contribution in [-0.2, 0) is 16.7 Å². The van der Waals surface area contributed by atoms with Gasteiger partial charge in [0.25, 0.3) is 5.91 Å². The molecule has 8 heteroatoms. The van der Waals surface area contributed by atoms with Gasteiger partial charge in [0.05, 0.1) is 18.4 Å². The monoisotopic (exact) mass is 462 g/mol. The highest BCUT2D eigenvalue weighted by Crippen LogP contribution is 2.34. The van der Waals surface area contributed by atoms with Crippen molar-refractivity contribution >= 4 is 17.6 Å². The number of hydrogen-bond acceptors (Lipinski definition) is 6. The molecule has 0 saturated carbocycles. The van der Waals surface area contributed by atoms with E-state index in [0.29, 0.717) is 29.1 Å². The average Bonchev–Trinajstić information content (AvgIpc) is 3.17. The van der Waals surface area contributed by atoms with Gasteiger partial charge in [0.15, 0.2) is 11.4 Å². The third-order valence-corrected chi connectivity index (χ3v) is 5.49. The molecule has 0 bridgehead atoms. The van der Waals surface area contributed by atoms with Crippen LogP contribution in [0.15, 0.2) is 53.6 Å². The average molecular weight is 463 g/mol. The molecule has 0 fully saturated rings. The number of aryl methyl sites for hydroxylation is 1. The maximum Gasteiger partial charge on any atom is 0.337 e. The fourth-order valence-electron chi connectivity index (χ4n) is 3.47. The Balaban J connectivity index is 1.83. The van der Waals surface area contributed by atoms with Crippen molar-refractivity contribution in [3.63, 3.8) is 0 Å². The minimum absolute atomic E-state index is 0.00304. The number of esters is 1. The van der Waals surface area contributed by atoms with Crippen molar-refractivity contribution in [2.45, 2.75) is 46.6 Å². The molecule has 3 aromatic rings. The van der Waals surface area contributed by atoms with Gasteiger partial charge in [0, 0.05) is 17.7 Å². The smallest absolute Gasteiger partial charge is 0.337 e. The molecular formula is C26H30N4O4. The highest BCUT2D eigenvalue weighted by Gasteiger charge is 2.21. The normalized spacial score (nSPS) is 11.9. The Kier molecular flexibility index (Phi) is 7.20. The van der Waals surface area contributed by atoms with Gasteiger partial charge in [-0.25, -0.2) is 10.2 Å². The number of aromatic hydroxyl groups is 1. The third kappa shape index (κ3) is 5.17. The van der Waals surface area contributed by atoms with Crippen LogP contribution in [0.1, 0.15) is 66.6 Å². The van der Waals surface area contributed by atoms with Crippen LogP contribution in [-0.4, -0.2) is 39.6 Å². The molecule has 0 radical (unpaired) electrons. The molecule has 0 unspecified atom stereocenters. The van der Waals surface area contributed by atoms with Crippen molar-refractivity contribution in [3.8, 4) is 17.0 Å². The van der Waals surface area contributed by atoms with Crippen LogP contribution in [0, 0.1) is 0 Å². The summed E-state index contributed by atoms with van der Waals surface area (Å²) >= 11 is 0. The molecule has 1 amide bonds. The first-order valence-corrected chi connectivity index (χ1v) is 11.0. The molecule has 0 aliphatic carbocycles. The van der Waals surface area contributed by atoms with E-state index in [1.807, 2.05) is 31.2 Å². The number of ether oxygens (including phenoxy) is 1. The fourth-order valence-corrected chi connectivity index (χ4v) is 3.47. The lowest BCUT2D eigenvalue weighted by atomic mass is 9.86. The van der Waals surface area contributed by atoms with Crippen LogP contribution < -0.4 is 5.43 Å². The van der Waals surface area contributed by atoms with Crippen LogP contribution in [0.25, 0.3) is 11.3 Å². The van der Waals surface area contributed by atoms with Gasteiger partial charge < -0.3 is 9.84 Å². The number of benzene rings is 2. The number of hydrazone groups is 1. The number of carbonyl (C=O) groups is 2. The molecule has 0 atom stereocenters. The third-order valence-electron chi connectivity index (χ3n) is 5.49. The van der Waals surface area contributed by atoms with Crippen LogP contribution in [0.5, 0.6) is 5.75 Å². The molecule has 2 aromatic carbocycles. The highest BCUT2D eigenvalue weighted by atomic mass is 16.5. The molecule has 0 aliphatic rings. The topological polar surface area (TPSA) is 106 Å². The van der Waals surface area contributed by atoms with Gasteiger partial charge in [0.2, 0.25) is 0 Å². The lowest BCUT2D eigenvalue weighted by molar-refractivity contribution is 0.0600. The largest absolute Gasteiger partial charge is 0.504 e. The van der Waals surface area contributed by atoms with Crippen molar-refractivity contribution in [1.82, 2.24) is 15.2 Å². The Hall–Kier alpha value is -3.94. The van der Waals surface area contributed by atoms with E-state index in [0.717, 1.165) is 5.56 Å². The molecule has 34 heavy (non-hydrogen) atoms. The quantitative estimate of drug-likeness (QED) is 0.318. The molecule has 1 heterocycles. The molecule has 178 valence electrons. The Morgan fingerprint density at radius 1 is 1.06 bits per heavy atom. The predicted molar refractivity (Wildman–Crippen MR) is 131 cm³/mol. The summed E-state index contributed by atoms with van der Waals surface area (Å²) in [7, 11) is 1.29. The van der Waals surface area contributed by atoms with Gasteiger partial charge in [0.1, 0.15) is 5.69 Å². The Morgan fingerprint density at radius 2 is 1.65 bits per heavy atom. The van der Waals surface area contributed by atoms with E-state index in [4.69, 9.17) is 0 Å². The summed E-state index contributed by atoms with van der Waals surface area (Å²) in [6.07, 6.45) is 0. The van der Waals surface area contributed by atoms with E-state index >= 15 is 0 Å². The first-order valence-electron chi connectivity index (χ1n) is 11.0. The van der Waals surface area contributed by atoms with Gasteiger partial charge in [-0.15, -0.1) is 0 Å². The maximum atomic E-state index is 12.5. The molecular weight excluding hydrogens is 432 g/mol. The SMILES string of the molecule is CCn1nc(/C(C)=N\NC(=O)c2ccc(C(=O)OC)cc2)c(O)c1-c1ccc(C(C)(C)C)cc1. The maximum absolute atomic E-state index is 12.5. The summed E-state index contributed by atoms with van der Waals surface area (Å²) in [6.45, 7) is 10.6. The number of aromatic nitrogens is 2. The second kappa shape index (κ2) is 9.91.